The van der Waals surface area contributed by atoms with E-state index in [9.17, 15) is 28.1 Å². The normalized spacial score (nSPS) is 21.3. The number of likely N-dealkylation sites (tertiary alicyclic amines) is 1. The van der Waals surface area contributed by atoms with Gasteiger partial charge in [0.15, 0.2) is 9.84 Å². The first-order chi connectivity index (χ1) is 14.9. The summed E-state index contributed by atoms with van der Waals surface area (Å²) in [6, 6.07) is 2.42. The van der Waals surface area contributed by atoms with E-state index < -0.39 is 49.6 Å². The molecule has 2 aliphatic rings. The van der Waals surface area contributed by atoms with Crippen LogP contribution >= 0.6 is 0 Å². The molecule has 3 rings (SSSR count). The molecule has 0 aromatic heterocycles. The molecule has 32 heavy (non-hydrogen) atoms. The third kappa shape index (κ3) is 4.87. The Morgan fingerprint density at radius 1 is 1.22 bits per heavy atom. The van der Waals surface area contributed by atoms with E-state index in [-0.39, 0.29) is 35.7 Å². The minimum absolute atomic E-state index is 0.0486. The van der Waals surface area contributed by atoms with Crippen LogP contribution in [0.2, 0.25) is 0 Å². The summed E-state index contributed by atoms with van der Waals surface area (Å²) in [6.45, 7) is 6.94. The van der Waals surface area contributed by atoms with Crippen molar-refractivity contribution in [3.05, 3.63) is 33.9 Å². The number of nitro groups is 1. The van der Waals surface area contributed by atoms with Crippen LogP contribution in [0.1, 0.15) is 58.6 Å². The molecule has 1 aliphatic carbocycles. The second kappa shape index (κ2) is 8.68. The van der Waals surface area contributed by atoms with Gasteiger partial charge in [-0.3, -0.25) is 14.9 Å². The maximum atomic E-state index is 13.1. The number of sulfone groups is 1. The molecule has 1 aromatic carbocycles. The average molecular weight is 469 g/mol. The zero-order valence-corrected chi connectivity index (χ0v) is 19.4. The van der Waals surface area contributed by atoms with Gasteiger partial charge in [0, 0.05) is 24.2 Å². The summed E-state index contributed by atoms with van der Waals surface area (Å²) in [7, 11) is -3.78. The quantitative estimate of drug-likeness (QED) is 0.352. The van der Waals surface area contributed by atoms with Crippen molar-refractivity contribution in [2.45, 2.75) is 68.7 Å². The summed E-state index contributed by atoms with van der Waals surface area (Å²) >= 11 is 0. The summed E-state index contributed by atoms with van der Waals surface area (Å²) in [5.74, 6) is -1.47. The number of rotatable bonds is 6. The number of nitrogens with zero attached hydrogens (tertiary/aromatic N) is 2. The number of amides is 1. The number of carbonyl (C=O) groups excluding carboxylic acids is 2. The van der Waals surface area contributed by atoms with Crippen LogP contribution in [0.4, 0.5) is 10.5 Å². The Morgan fingerprint density at radius 3 is 2.41 bits per heavy atom. The number of benzene rings is 1. The van der Waals surface area contributed by atoms with Crippen LogP contribution in [-0.4, -0.2) is 54.3 Å². The van der Waals surface area contributed by atoms with Crippen molar-refractivity contribution in [3.8, 4) is 0 Å². The second-order valence-electron chi connectivity index (χ2n) is 8.99. The number of hydrogen-bond donors (Lipinski definition) is 0. The van der Waals surface area contributed by atoms with Gasteiger partial charge in [0.05, 0.1) is 33.6 Å². The topological polar surface area (TPSA) is 133 Å². The van der Waals surface area contributed by atoms with E-state index in [2.05, 4.69) is 0 Å². The van der Waals surface area contributed by atoms with Gasteiger partial charge in [-0.1, -0.05) is 0 Å². The molecule has 0 unspecified atom stereocenters. The number of hydrogen-bond acceptors (Lipinski definition) is 8. The first-order valence-electron chi connectivity index (χ1n) is 10.5. The van der Waals surface area contributed by atoms with E-state index >= 15 is 0 Å². The maximum absolute atomic E-state index is 13.1. The molecule has 1 aromatic rings. The number of carbonyl (C=O) groups is 2. The van der Waals surface area contributed by atoms with Crippen molar-refractivity contribution in [2.24, 2.45) is 5.92 Å². The van der Waals surface area contributed by atoms with Crippen LogP contribution in [0, 0.1) is 16.0 Å². The standard InChI is InChI=1S/C21H28N2O8S/c1-5-30-19(24)15-10-11-22(20(25)31-21(2,3)4)18(15)16-12-13(23(26)27)6-9-17(16)32(28,29)14-7-8-14/h6,9,12,14-15,18H,5,7-8,10-11H2,1-4H3/t15-,18+/m1/s1. The fourth-order valence-corrected chi connectivity index (χ4v) is 5.78. The van der Waals surface area contributed by atoms with Crippen LogP contribution < -0.4 is 0 Å². The lowest BCUT2D eigenvalue weighted by atomic mass is 9.93. The van der Waals surface area contributed by atoms with E-state index in [1.807, 2.05) is 0 Å². The van der Waals surface area contributed by atoms with Crippen molar-refractivity contribution >= 4 is 27.6 Å². The van der Waals surface area contributed by atoms with E-state index in [0.29, 0.717) is 12.8 Å². The third-order valence-corrected chi connectivity index (χ3v) is 7.74. The van der Waals surface area contributed by atoms with Gasteiger partial charge in [-0.15, -0.1) is 0 Å². The van der Waals surface area contributed by atoms with Gasteiger partial charge in [-0.2, -0.15) is 0 Å². The summed E-state index contributed by atoms with van der Waals surface area (Å²) in [5.41, 5.74) is -1.10. The number of esters is 1. The number of ether oxygens (including phenoxy) is 2. The van der Waals surface area contributed by atoms with Crippen molar-refractivity contribution < 1.29 is 32.4 Å². The van der Waals surface area contributed by atoms with Crippen LogP contribution in [-0.2, 0) is 24.1 Å². The Hall–Kier alpha value is -2.69. The van der Waals surface area contributed by atoms with Gasteiger partial charge in [0.2, 0.25) is 0 Å². The van der Waals surface area contributed by atoms with E-state index in [1.165, 1.54) is 11.0 Å². The molecule has 1 saturated heterocycles. The predicted molar refractivity (Wildman–Crippen MR) is 114 cm³/mol. The molecule has 176 valence electrons. The van der Waals surface area contributed by atoms with Gasteiger partial charge >= 0.3 is 12.1 Å². The Kier molecular flexibility index (Phi) is 6.50. The minimum Gasteiger partial charge on any atom is -0.466 e. The summed E-state index contributed by atoms with van der Waals surface area (Å²) in [4.78, 5) is 37.7. The van der Waals surface area contributed by atoms with Gasteiger partial charge in [-0.05, 0) is 53.0 Å². The molecule has 0 N–H and O–H groups in total. The van der Waals surface area contributed by atoms with Crippen molar-refractivity contribution in [1.82, 2.24) is 4.90 Å². The Morgan fingerprint density at radius 2 is 1.88 bits per heavy atom. The lowest BCUT2D eigenvalue weighted by Gasteiger charge is -2.31. The van der Waals surface area contributed by atoms with Crippen molar-refractivity contribution in [3.63, 3.8) is 0 Å². The monoisotopic (exact) mass is 468 g/mol. The molecule has 10 nitrogen and oxygen atoms in total. The molecule has 1 amide bonds. The van der Waals surface area contributed by atoms with Crippen LogP contribution in [0.25, 0.3) is 0 Å². The fourth-order valence-electron chi connectivity index (χ4n) is 3.90. The highest BCUT2D eigenvalue weighted by Crippen LogP contribution is 2.45. The fraction of sp³-hybridized carbons (Fsp3) is 0.619. The van der Waals surface area contributed by atoms with E-state index in [4.69, 9.17) is 9.47 Å². The smallest absolute Gasteiger partial charge is 0.410 e. The van der Waals surface area contributed by atoms with Gasteiger partial charge in [0.25, 0.3) is 5.69 Å². The SMILES string of the molecule is CCOC(=O)[C@@H]1CCN(C(=O)OC(C)(C)C)[C@@H]1c1cc([N+](=O)[O-])ccc1S(=O)(=O)C1CC1. The number of nitro benzene ring substituents is 1. The van der Waals surface area contributed by atoms with Crippen LogP contribution in [0.3, 0.4) is 0 Å². The molecule has 2 atom stereocenters. The Bertz CT molecular complexity index is 1030. The molecule has 1 saturated carbocycles. The molecule has 0 spiro atoms. The summed E-state index contributed by atoms with van der Waals surface area (Å²) in [6.07, 6.45) is 0.491. The van der Waals surface area contributed by atoms with E-state index in [1.54, 1.807) is 27.7 Å². The third-order valence-electron chi connectivity index (χ3n) is 5.41. The number of non-ortho nitro benzene ring substituents is 1. The van der Waals surface area contributed by atoms with Gasteiger partial charge < -0.3 is 14.4 Å². The second-order valence-corrected chi connectivity index (χ2v) is 11.2. The first kappa shape index (κ1) is 24.0. The van der Waals surface area contributed by atoms with Gasteiger partial charge in [0.1, 0.15) is 5.60 Å². The predicted octanol–water partition coefficient (Wildman–Crippen LogP) is 3.39. The lowest BCUT2D eigenvalue weighted by Crippen LogP contribution is -2.39. The largest absolute Gasteiger partial charge is 0.466 e. The van der Waals surface area contributed by atoms with Gasteiger partial charge in [-0.25, -0.2) is 13.2 Å². The molecular formula is C21H28N2O8S. The highest BCUT2D eigenvalue weighted by atomic mass is 32.2. The summed E-state index contributed by atoms with van der Waals surface area (Å²) < 4.78 is 36.9. The van der Waals surface area contributed by atoms with Crippen LogP contribution in [0.15, 0.2) is 23.1 Å². The zero-order chi connectivity index (χ0) is 23.8. The maximum Gasteiger partial charge on any atom is 0.410 e. The molecule has 2 fully saturated rings. The zero-order valence-electron chi connectivity index (χ0n) is 18.6. The molecule has 1 aliphatic heterocycles. The molecule has 0 radical (unpaired) electrons. The average Bonchev–Trinajstić information content (AvgIpc) is 3.45. The lowest BCUT2D eigenvalue weighted by molar-refractivity contribution is -0.385. The van der Waals surface area contributed by atoms with Crippen molar-refractivity contribution in [1.29, 1.82) is 0 Å². The molecule has 1 heterocycles. The molecule has 11 heteroatoms. The Labute approximate surface area is 186 Å². The van der Waals surface area contributed by atoms with Crippen LogP contribution in [0.5, 0.6) is 0 Å². The van der Waals surface area contributed by atoms with Crippen molar-refractivity contribution in [2.75, 3.05) is 13.2 Å². The molecule has 0 bridgehead atoms. The Balaban J connectivity index is 2.16. The highest BCUT2D eigenvalue weighted by Gasteiger charge is 2.48. The minimum atomic E-state index is -3.78. The summed E-state index contributed by atoms with van der Waals surface area (Å²) in [5, 5.41) is 10.9. The van der Waals surface area contributed by atoms with E-state index in [0.717, 1.165) is 12.1 Å². The molecular weight excluding hydrogens is 440 g/mol. The first-order valence-corrected chi connectivity index (χ1v) is 12.1. The highest BCUT2D eigenvalue weighted by molar-refractivity contribution is 7.92.